The number of phenols is 1. The van der Waals surface area contributed by atoms with Crippen molar-refractivity contribution in [1.82, 2.24) is 0 Å². The van der Waals surface area contributed by atoms with Crippen LogP contribution in [0, 0.1) is 0 Å². The molecule has 1 aromatic carbocycles. The summed E-state index contributed by atoms with van der Waals surface area (Å²) in [5, 5.41) is 25.1. The number of carboxylic acids is 1. The molecule has 7 nitrogen and oxygen atoms in total. The maximum Gasteiger partial charge on any atom is 0.339 e. The number of benzene rings is 1. The Morgan fingerprint density at radius 2 is 1.82 bits per heavy atom. The first-order valence-corrected chi connectivity index (χ1v) is 5.82. The van der Waals surface area contributed by atoms with E-state index in [4.69, 9.17) is 19.9 Å². The molecule has 4 N–H and O–H groups in total. The van der Waals surface area contributed by atoms with Gasteiger partial charge in [-0.05, 0) is 25.1 Å². The average molecular weight is 264 g/mol. The minimum Gasteiger partial charge on any atom is -0.507 e. The minimum atomic E-state index is -4.45. The van der Waals surface area contributed by atoms with E-state index >= 15 is 0 Å². The maximum absolute atomic E-state index is 10.6. The Kier molecular flexibility index (Phi) is 5.59. The van der Waals surface area contributed by atoms with Gasteiger partial charge in [0, 0.05) is 6.61 Å². The van der Waals surface area contributed by atoms with E-state index in [-0.39, 0.29) is 6.61 Å². The number of aliphatic hydroxyl groups excluding tert-OH is 1. The largest absolute Gasteiger partial charge is 0.507 e. The van der Waals surface area contributed by atoms with E-state index in [9.17, 15) is 13.2 Å². The second-order valence-corrected chi connectivity index (χ2v) is 4.20. The molecule has 0 saturated carbocycles. The highest BCUT2D eigenvalue weighted by Crippen LogP contribution is 2.20. The zero-order valence-electron chi connectivity index (χ0n) is 8.86. The van der Waals surface area contributed by atoms with Gasteiger partial charge in [-0.25, -0.2) is 4.79 Å². The summed E-state index contributed by atoms with van der Waals surface area (Å²) >= 11 is 0. The summed E-state index contributed by atoms with van der Waals surface area (Å²) in [4.78, 5) is 9.89. The van der Waals surface area contributed by atoms with Gasteiger partial charge in [0.15, 0.2) is 0 Å². The fourth-order valence-corrected chi connectivity index (χ4v) is 1.35. The lowest BCUT2D eigenvalue weighted by Gasteiger charge is -2.01. The second kappa shape index (κ2) is 6.18. The van der Waals surface area contributed by atoms with Crippen LogP contribution in [0.4, 0.5) is 0 Å². The summed E-state index contributed by atoms with van der Waals surface area (Å²) in [6.07, 6.45) is 0. The van der Waals surface area contributed by atoms with E-state index in [1.54, 1.807) is 6.92 Å². The Hall–Kier alpha value is -1.64. The number of hydrogen-bond acceptors (Lipinski definition) is 5. The van der Waals surface area contributed by atoms with Crippen LogP contribution in [0.15, 0.2) is 23.1 Å². The lowest BCUT2D eigenvalue weighted by molar-refractivity contribution is 0.0693. The lowest BCUT2D eigenvalue weighted by Crippen LogP contribution is -2.02. The molecule has 96 valence electrons. The number of carboxylic acid groups (broad SMARTS) is 1. The van der Waals surface area contributed by atoms with Gasteiger partial charge >= 0.3 is 5.97 Å². The molecule has 0 bridgehead atoms. The maximum atomic E-state index is 10.6. The first-order chi connectivity index (χ1) is 7.73. The molecule has 0 unspecified atom stereocenters. The predicted octanol–water partition coefficient (Wildman–Crippen LogP) is 0.336. The number of rotatable bonds is 2. The summed E-state index contributed by atoms with van der Waals surface area (Å²) in [5.41, 5.74) is -0.583. The molecule has 0 aliphatic carbocycles. The second-order valence-electron chi connectivity index (χ2n) is 2.78. The van der Waals surface area contributed by atoms with Crippen molar-refractivity contribution >= 4 is 16.1 Å². The van der Waals surface area contributed by atoms with Crippen LogP contribution in [0.2, 0.25) is 0 Å². The fourth-order valence-electron chi connectivity index (χ4n) is 0.847. The number of aliphatic hydroxyl groups is 1. The molecule has 0 aliphatic heterocycles. The molecule has 1 aromatic rings. The smallest absolute Gasteiger partial charge is 0.339 e. The summed E-state index contributed by atoms with van der Waals surface area (Å²) in [6, 6.07) is 2.46. The zero-order chi connectivity index (χ0) is 13.6. The molecule has 0 atom stereocenters. The van der Waals surface area contributed by atoms with E-state index in [2.05, 4.69) is 0 Å². The fraction of sp³-hybridized carbons (Fsp3) is 0.222. The number of aromatic carboxylic acids is 1. The van der Waals surface area contributed by atoms with E-state index in [0.717, 1.165) is 12.1 Å². The molecule has 1 rings (SSSR count). The first-order valence-electron chi connectivity index (χ1n) is 4.38. The predicted molar refractivity (Wildman–Crippen MR) is 57.6 cm³/mol. The molecule has 0 radical (unpaired) electrons. The monoisotopic (exact) mass is 264 g/mol. The Labute approximate surface area is 97.7 Å². The SMILES string of the molecule is CCO.O=C(O)c1cc(S(=O)(=O)O)ccc1O. The third kappa shape index (κ3) is 4.81. The van der Waals surface area contributed by atoms with Gasteiger partial charge in [-0.3, -0.25) is 4.55 Å². The quantitative estimate of drug-likeness (QED) is 0.566. The Morgan fingerprint density at radius 1 is 1.35 bits per heavy atom. The topological polar surface area (TPSA) is 132 Å². The van der Waals surface area contributed by atoms with Crippen molar-refractivity contribution < 1.29 is 33.1 Å². The van der Waals surface area contributed by atoms with E-state index in [1.807, 2.05) is 0 Å². The van der Waals surface area contributed by atoms with Crippen molar-refractivity contribution in [1.29, 1.82) is 0 Å². The molecule has 8 heteroatoms. The molecule has 0 saturated heterocycles. The molecule has 0 amide bonds. The van der Waals surface area contributed by atoms with Crippen LogP contribution in [0.1, 0.15) is 17.3 Å². The van der Waals surface area contributed by atoms with Crippen LogP contribution in [-0.4, -0.2) is 40.9 Å². The van der Waals surface area contributed by atoms with Crippen LogP contribution < -0.4 is 0 Å². The number of carbonyl (C=O) groups is 1. The third-order valence-electron chi connectivity index (χ3n) is 1.50. The third-order valence-corrected chi connectivity index (χ3v) is 2.35. The molecule has 17 heavy (non-hydrogen) atoms. The summed E-state index contributed by atoms with van der Waals surface area (Å²) in [5.74, 6) is -2.04. The van der Waals surface area contributed by atoms with Gasteiger partial charge in [0.2, 0.25) is 0 Å². The molecule has 0 aromatic heterocycles. The normalized spacial score (nSPS) is 10.3. The van der Waals surface area contributed by atoms with Gasteiger partial charge in [-0.15, -0.1) is 0 Å². The van der Waals surface area contributed by atoms with Crippen molar-refractivity contribution in [2.75, 3.05) is 6.61 Å². The lowest BCUT2D eigenvalue weighted by atomic mass is 10.2. The van der Waals surface area contributed by atoms with Crippen molar-refractivity contribution in [2.45, 2.75) is 11.8 Å². The van der Waals surface area contributed by atoms with Crippen LogP contribution in [-0.2, 0) is 10.1 Å². The molecular weight excluding hydrogens is 252 g/mol. The number of aromatic hydroxyl groups is 1. The summed E-state index contributed by atoms with van der Waals surface area (Å²) < 4.78 is 29.8. The molecule has 0 fully saturated rings. The van der Waals surface area contributed by atoms with Crippen molar-refractivity contribution in [3.63, 3.8) is 0 Å². The highest BCUT2D eigenvalue weighted by atomic mass is 32.2. The Balaban J connectivity index is 0.000000770. The van der Waals surface area contributed by atoms with Crippen molar-refractivity contribution in [2.24, 2.45) is 0 Å². The van der Waals surface area contributed by atoms with Gasteiger partial charge in [0.25, 0.3) is 10.1 Å². The minimum absolute atomic E-state index is 0.250. The molecular formula is C9H12O7S. The van der Waals surface area contributed by atoms with E-state index < -0.39 is 32.3 Å². The van der Waals surface area contributed by atoms with Gasteiger partial charge in [0.1, 0.15) is 11.3 Å². The van der Waals surface area contributed by atoms with Crippen LogP contribution in [0.3, 0.4) is 0 Å². The van der Waals surface area contributed by atoms with Gasteiger partial charge in [-0.1, -0.05) is 0 Å². The van der Waals surface area contributed by atoms with E-state index in [0.29, 0.717) is 6.07 Å². The average Bonchev–Trinajstić information content (AvgIpc) is 2.17. The molecule has 0 heterocycles. The molecule has 0 spiro atoms. The van der Waals surface area contributed by atoms with Crippen LogP contribution in [0.25, 0.3) is 0 Å². The van der Waals surface area contributed by atoms with E-state index in [1.165, 1.54) is 0 Å². The highest BCUT2D eigenvalue weighted by Gasteiger charge is 2.16. The zero-order valence-corrected chi connectivity index (χ0v) is 9.68. The molecule has 0 aliphatic rings. The number of hydrogen-bond donors (Lipinski definition) is 4. The summed E-state index contributed by atoms with van der Waals surface area (Å²) in [6.45, 7) is 1.93. The standard InChI is InChI=1S/C7H6O6S.C2H6O/c8-6-2-1-4(14(11,12)13)3-5(6)7(9)10;1-2-3/h1-3,8H,(H,9,10)(H,11,12,13);3H,2H2,1H3. The van der Waals surface area contributed by atoms with Crippen LogP contribution >= 0.6 is 0 Å². The summed E-state index contributed by atoms with van der Waals surface area (Å²) in [7, 11) is -4.45. The van der Waals surface area contributed by atoms with Gasteiger partial charge < -0.3 is 15.3 Å². The van der Waals surface area contributed by atoms with Crippen LogP contribution in [0.5, 0.6) is 5.75 Å². The first kappa shape index (κ1) is 15.4. The van der Waals surface area contributed by atoms with Gasteiger partial charge in [-0.2, -0.15) is 8.42 Å². The highest BCUT2D eigenvalue weighted by molar-refractivity contribution is 7.85. The van der Waals surface area contributed by atoms with Gasteiger partial charge in [0.05, 0.1) is 4.90 Å². The van der Waals surface area contributed by atoms with Crippen molar-refractivity contribution in [3.05, 3.63) is 23.8 Å². The van der Waals surface area contributed by atoms with Crippen molar-refractivity contribution in [3.8, 4) is 5.75 Å². The Bertz CT molecular complexity index is 492. The Morgan fingerprint density at radius 3 is 2.18 bits per heavy atom.